The Bertz CT molecular complexity index is 714. The lowest BCUT2D eigenvalue weighted by atomic mass is 9.93. The molecule has 1 amide bonds. The van der Waals surface area contributed by atoms with E-state index in [1.807, 2.05) is 18.2 Å². The molecule has 3 rings (SSSR count). The van der Waals surface area contributed by atoms with Gasteiger partial charge in [0.25, 0.3) is 0 Å². The molecule has 0 aliphatic carbocycles. The maximum absolute atomic E-state index is 13.3. The molecule has 144 valence electrons. The van der Waals surface area contributed by atoms with Crippen LogP contribution in [0.1, 0.15) is 43.4 Å². The van der Waals surface area contributed by atoms with Gasteiger partial charge in [0.05, 0.1) is 5.92 Å². The Morgan fingerprint density at radius 1 is 1.15 bits per heavy atom. The molecule has 1 aliphatic heterocycles. The number of amides is 1. The highest BCUT2D eigenvalue weighted by molar-refractivity contribution is 5.84. The fourth-order valence-electron chi connectivity index (χ4n) is 3.64. The van der Waals surface area contributed by atoms with Gasteiger partial charge >= 0.3 is 0 Å². The van der Waals surface area contributed by atoms with Crippen LogP contribution in [0.25, 0.3) is 0 Å². The minimum atomic E-state index is -0.381. The lowest BCUT2D eigenvalue weighted by Gasteiger charge is -2.32. The zero-order valence-corrected chi connectivity index (χ0v) is 15.9. The predicted molar refractivity (Wildman–Crippen MR) is 105 cm³/mol. The summed E-state index contributed by atoms with van der Waals surface area (Å²) in [5, 5.41) is 3.11. The Hall–Kier alpha value is -2.27. The minimum Gasteiger partial charge on any atom is -0.354 e. The van der Waals surface area contributed by atoms with E-state index in [0.717, 1.165) is 24.3 Å². The van der Waals surface area contributed by atoms with Gasteiger partial charge in [0.1, 0.15) is 5.82 Å². The summed E-state index contributed by atoms with van der Waals surface area (Å²) in [6, 6.07) is 12.2. The number of aromatic nitrogens is 1. The Morgan fingerprint density at radius 3 is 2.56 bits per heavy atom. The molecule has 0 saturated carbocycles. The van der Waals surface area contributed by atoms with Crippen LogP contribution >= 0.6 is 0 Å². The van der Waals surface area contributed by atoms with Crippen LogP contribution in [0.2, 0.25) is 0 Å². The summed E-state index contributed by atoms with van der Waals surface area (Å²) in [7, 11) is 0. The number of hydrogen-bond donors (Lipinski definition) is 1. The first kappa shape index (κ1) is 19.5. The molecule has 2 aromatic rings. The molecule has 1 N–H and O–H groups in total. The number of piperidine rings is 1. The third-order valence-electron chi connectivity index (χ3n) is 5.31. The summed E-state index contributed by atoms with van der Waals surface area (Å²) in [5.74, 6) is -0.709. The van der Waals surface area contributed by atoms with Crippen LogP contribution in [0.4, 0.5) is 4.39 Å². The van der Waals surface area contributed by atoms with Crippen molar-refractivity contribution in [2.75, 3.05) is 19.6 Å². The van der Waals surface area contributed by atoms with Crippen molar-refractivity contribution in [1.29, 1.82) is 0 Å². The highest BCUT2D eigenvalue weighted by Gasteiger charge is 2.23. The molecular weight excluding hydrogens is 341 g/mol. The molecule has 1 saturated heterocycles. The first-order valence-corrected chi connectivity index (χ1v) is 9.80. The van der Waals surface area contributed by atoms with Crippen molar-refractivity contribution in [2.45, 2.75) is 44.6 Å². The topological polar surface area (TPSA) is 45.2 Å². The van der Waals surface area contributed by atoms with Gasteiger partial charge in [-0.05, 0) is 62.7 Å². The highest BCUT2D eigenvalue weighted by Crippen LogP contribution is 2.21. The van der Waals surface area contributed by atoms with E-state index < -0.39 is 0 Å². The number of rotatable bonds is 7. The first-order valence-electron chi connectivity index (χ1n) is 9.80. The SMILES string of the molecule is CC(CNC(=O)C(Cc1ccccn1)c1ccc(F)cc1)N1CCCCC1. The second-order valence-electron chi connectivity index (χ2n) is 7.32. The van der Waals surface area contributed by atoms with E-state index in [9.17, 15) is 9.18 Å². The van der Waals surface area contributed by atoms with Gasteiger partial charge in [-0.15, -0.1) is 0 Å². The molecule has 0 radical (unpaired) electrons. The summed E-state index contributed by atoms with van der Waals surface area (Å²) in [5.41, 5.74) is 1.66. The number of hydrogen-bond acceptors (Lipinski definition) is 3. The maximum Gasteiger partial charge on any atom is 0.227 e. The summed E-state index contributed by atoms with van der Waals surface area (Å²) in [6.45, 7) is 4.99. The number of carbonyl (C=O) groups is 1. The van der Waals surface area contributed by atoms with Crippen LogP contribution < -0.4 is 5.32 Å². The van der Waals surface area contributed by atoms with Gasteiger partial charge in [0.15, 0.2) is 0 Å². The number of nitrogens with one attached hydrogen (secondary N) is 1. The van der Waals surface area contributed by atoms with Crippen LogP contribution in [-0.2, 0) is 11.2 Å². The number of benzene rings is 1. The van der Waals surface area contributed by atoms with Crippen molar-refractivity contribution in [2.24, 2.45) is 0 Å². The fraction of sp³-hybridized carbons (Fsp3) is 0.455. The van der Waals surface area contributed by atoms with E-state index in [4.69, 9.17) is 0 Å². The van der Waals surface area contributed by atoms with Crippen molar-refractivity contribution < 1.29 is 9.18 Å². The Kier molecular flexibility index (Phi) is 6.93. The Labute approximate surface area is 160 Å². The van der Waals surface area contributed by atoms with E-state index in [1.165, 1.54) is 31.4 Å². The average Bonchev–Trinajstić information content (AvgIpc) is 2.72. The molecule has 1 aromatic carbocycles. The molecule has 27 heavy (non-hydrogen) atoms. The van der Waals surface area contributed by atoms with E-state index in [2.05, 4.69) is 22.1 Å². The molecular formula is C22H28FN3O. The fourth-order valence-corrected chi connectivity index (χ4v) is 3.64. The second-order valence-corrected chi connectivity index (χ2v) is 7.32. The molecule has 1 aromatic heterocycles. The standard InChI is InChI=1S/C22H28FN3O/c1-17(26-13-5-2-6-14-26)16-25-22(27)21(15-20-7-3-4-12-24-20)18-8-10-19(23)11-9-18/h3-4,7-12,17,21H,2,5-6,13-16H2,1H3,(H,25,27). The van der Waals surface area contributed by atoms with Crippen molar-refractivity contribution in [3.05, 3.63) is 65.7 Å². The van der Waals surface area contributed by atoms with Gasteiger partial charge in [0, 0.05) is 30.9 Å². The van der Waals surface area contributed by atoms with Crippen molar-refractivity contribution in [1.82, 2.24) is 15.2 Å². The Balaban J connectivity index is 1.67. The van der Waals surface area contributed by atoms with Gasteiger partial charge < -0.3 is 5.32 Å². The lowest BCUT2D eigenvalue weighted by Crippen LogP contribution is -2.45. The van der Waals surface area contributed by atoms with Crippen LogP contribution in [0.5, 0.6) is 0 Å². The normalized spacial score (nSPS) is 17.3. The third-order valence-corrected chi connectivity index (χ3v) is 5.31. The van der Waals surface area contributed by atoms with Crippen LogP contribution in [0, 0.1) is 5.82 Å². The van der Waals surface area contributed by atoms with E-state index >= 15 is 0 Å². The molecule has 2 atom stereocenters. The van der Waals surface area contributed by atoms with Crippen molar-refractivity contribution in [3.8, 4) is 0 Å². The van der Waals surface area contributed by atoms with E-state index in [1.54, 1.807) is 18.3 Å². The molecule has 4 nitrogen and oxygen atoms in total. The third kappa shape index (κ3) is 5.60. The highest BCUT2D eigenvalue weighted by atomic mass is 19.1. The second kappa shape index (κ2) is 9.60. The average molecular weight is 369 g/mol. The zero-order valence-electron chi connectivity index (χ0n) is 15.9. The number of pyridine rings is 1. The van der Waals surface area contributed by atoms with Gasteiger partial charge in [-0.3, -0.25) is 14.7 Å². The quantitative estimate of drug-likeness (QED) is 0.812. The van der Waals surface area contributed by atoms with Gasteiger partial charge in [-0.2, -0.15) is 0 Å². The monoisotopic (exact) mass is 369 g/mol. The van der Waals surface area contributed by atoms with Crippen LogP contribution in [0.3, 0.4) is 0 Å². The predicted octanol–water partition coefficient (Wildman–Crippen LogP) is 3.54. The molecule has 0 bridgehead atoms. The van der Waals surface area contributed by atoms with Crippen molar-refractivity contribution >= 4 is 5.91 Å². The summed E-state index contributed by atoms with van der Waals surface area (Å²) >= 11 is 0. The van der Waals surface area contributed by atoms with Gasteiger partial charge in [-0.1, -0.05) is 24.6 Å². The molecule has 5 heteroatoms. The number of nitrogens with zero attached hydrogens (tertiary/aromatic N) is 2. The van der Waals surface area contributed by atoms with Crippen molar-refractivity contribution in [3.63, 3.8) is 0 Å². The van der Waals surface area contributed by atoms with E-state index in [-0.39, 0.29) is 17.6 Å². The molecule has 1 fully saturated rings. The molecule has 2 unspecified atom stereocenters. The van der Waals surface area contributed by atoms with E-state index in [0.29, 0.717) is 19.0 Å². The van der Waals surface area contributed by atoms with Crippen LogP contribution in [0.15, 0.2) is 48.7 Å². The van der Waals surface area contributed by atoms with Gasteiger partial charge in [0.2, 0.25) is 5.91 Å². The molecule has 1 aliphatic rings. The smallest absolute Gasteiger partial charge is 0.227 e. The van der Waals surface area contributed by atoms with Gasteiger partial charge in [-0.25, -0.2) is 4.39 Å². The minimum absolute atomic E-state index is 0.0314. The maximum atomic E-state index is 13.3. The largest absolute Gasteiger partial charge is 0.354 e. The Morgan fingerprint density at radius 2 is 1.89 bits per heavy atom. The first-order chi connectivity index (χ1) is 13.1. The number of likely N-dealkylation sites (tertiary alicyclic amines) is 1. The summed E-state index contributed by atoms with van der Waals surface area (Å²) < 4.78 is 13.3. The summed E-state index contributed by atoms with van der Waals surface area (Å²) in [6.07, 6.45) is 5.99. The lowest BCUT2D eigenvalue weighted by molar-refractivity contribution is -0.122. The number of halogens is 1. The molecule has 2 heterocycles. The number of carbonyl (C=O) groups excluding carboxylic acids is 1. The summed E-state index contributed by atoms with van der Waals surface area (Å²) in [4.78, 5) is 19.8. The molecule has 0 spiro atoms. The van der Waals surface area contributed by atoms with Crippen LogP contribution in [-0.4, -0.2) is 41.5 Å². The zero-order chi connectivity index (χ0) is 19.1.